The van der Waals surface area contributed by atoms with Crippen molar-refractivity contribution in [2.45, 2.75) is 25.8 Å². The normalized spacial score (nSPS) is 17.7. The topological polar surface area (TPSA) is 139 Å². The Morgan fingerprint density at radius 1 is 1.41 bits per heavy atom. The molecule has 0 aromatic carbocycles. The van der Waals surface area contributed by atoms with Gasteiger partial charge in [-0.3, -0.25) is 15.4 Å². The summed E-state index contributed by atoms with van der Waals surface area (Å²) in [6.45, 7) is 1.94. The quantitative estimate of drug-likeness (QED) is 0.455. The average Bonchev–Trinajstić information content (AvgIpc) is 3.24. The molecule has 2 aromatic heterocycles. The monoisotopic (exact) mass is 371 g/mol. The first-order valence-corrected chi connectivity index (χ1v) is 8.46. The zero-order chi connectivity index (χ0) is 19.0. The number of imide groups is 1. The van der Waals surface area contributed by atoms with E-state index < -0.39 is 18.0 Å². The van der Waals surface area contributed by atoms with Gasteiger partial charge in [0.15, 0.2) is 5.65 Å². The van der Waals surface area contributed by atoms with E-state index in [2.05, 4.69) is 31.3 Å². The second-order valence-electron chi connectivity index (χ2n) is 6.09. The van der Waals surface area contributed by atoms with E-state index in [4.69, 9.17) is 4.74 Å². The number of urea groups is 1. The number of hydrogen-bond acceptors (Lipinski definition) is 7. The van der Waals surface area contributed by atoms with Crippen LogP contribution in [0.25, 0.3) is 11.7 Å². The van der Waals surface area contributed by atoms with Gasteiger partial charge >= 0.3 is 12.1 Å². The fourth-order valence-corrected chi connectivity index (χ4v) is 2.59. The number of aromatic nitrogens is 3. The Kier molecular flexibility index (Phi) is 4.11. The molecule has 0 radical (unpaired) electrons. The number of amides is 4. The van der Waals surface area contributed by atoms with Crippen molar-refractivity contribution in [1.82, 2.24) is 25.2 Å². The smallest absolute Gasteiger partial charge is 0.412 e. The van der Waals surface area contributed by atoms with Crippen LogP contribution < -0.4 is 21.3 Å². The molecule has 2 aliphatic rings. The largest absolute Gasteiger partial charge is 0.450 e. The molecule has 11 heteroatoms. The van der Waals surface area contributed by atoms with Gasteiger partial charge in [0.2, 0.25) is 0 Å². The lowest BCUT2D eigenvalue weighted by molar-refractivity contribution is -0.115. The molecule has 0 unspecified atom stereocenters. The number of carbonyl (C=O) groups excluding carboxylic acids is 3. The molecule has 27 heavy (non-hydrogen) atoms. The van der Waals surface area contributed by atoms with Crippen molar-refractivity contribution < 1.29 is 19.1 Å². The van der Waals surface area contributed by atoms with Crippen LogP contribution in [-0.4, -0.2) is 45.3 Å². The summed E-state index contributed by atoms with van der Waals surface area (Å²) in [5.41, 5.74) is 1.01. The van der Waals surface area contributed by atoms with E-state index in [0.29, 0.717) is 23.1 Å². The van der Waals surface area contributed by atoms with Crippen LogP contribution in [0.2, 0.25) is 0 Å². The maximum absolute atomic E-state index is 11.8. The number of nitrogens with one attached hydrogen (secondary N) is 4. The van der Waals surface area contributed by atoms with Crippen LogP contribution in [-0.2, 0) is 9.53 Å². The third kappa shape index (κ3) is 3.52. The van der Waals surface area contributed by atoms with E-state index in [1.165, 1.54) is 12.3 Å². The molecule has 2 aromatic rings. The van der Waals surface area contributed by atoms with E-state index in [0.717, 1.165) is 12.8 Å². The fraction of sp³-hybridized carbons (Fsp3) is 0.312. The third-order valence-electron chi connectivity index (χ3n) is 3.95. The maximum atomic E-state index is 11.8. The summed E-state index contributed by atoms with van der Waals surface area (Å²) >= 11 is 0. The summed E-state index contributed by atoms with van der Waals surface area (Å²) in [6.07, 6.45) is 4.49. The molecule has 0 atom stereocenters. The van der Waals surface area contributed by atoms with Crippen LogP contribution >= 0.6 is 0 Å². The SMILES string of the molecule is CCOC(=O)Nc1cc(NC2CC2)n2ncc(/C=C3\NC(=O)NC3=O)c2n1. The van der Waals surface area contributed by atoms with Crippen molar-refractivity contribution in [2.75, 3.05) is 17.2 Å². The van der Waals surface area contributed by atoms with E-state index in [9.17, 15) is 14.4 Å². The lowest BCUT2D eigenvalue weighted by Gasteiger charge is -2.10. The summed E-state index contributed by atoms with van der Waals surface area (Å²) in [5.74, 6) is 0.402. The number of nitrogens with zero attached hydrogens (tertiary/aromatic N) is 3. The molecule has 1 saturated carbocycles. The number of hydrogen-bond donors (Lipinski definition) is 4. The average molecular weight is 371 g/mol. The van der Waals surface area contributed by atoms with Crippen molar-refractivity contribution in [2.24, 2.45) is 0 Å². The van der Waals surface area contributed by atoms with Gasteiger partial charge in [-0.1, -0.05) is 0 Å². The Morgan fingerprint density at radius 2 is 2.22 bits per heavy atom. The number of fused-ring (bicyclic) bond motifs is 1. The van der Waals surface area contributed by atoms with Crippen molar-refractivity contribution >= 4 is 41.4 Å². The van der Waals surface area contributed by atoms with E-state index >= 15 is 0 Å². The number of ether oxygens (including phenoxy) is 1. The van der Waals surface area contributed by atoms with Crippen molar-refractivity contribution in [3.63, 3.8) is 0 Å². The molecule has 4 N–H and O–H groups in total. The van der Waals surface area contributed by atoms with Crippen molar-refractivity contribution in [1.29, 1.82) is 0 Å². The van der Waals surface area contributed by atoms with Crippen molar-refractivity contribution in [3.8, 4) is 0 Å². The van der Waals surface area contributed by atoms with Gasteiger partial charge in [0.1, 0.15) is 17.3 Å². The molecular formula is C16H17N7O4. The Bertz CT molecular complexity index is 977. The van der Waals surface area contributed by atoms with Gasteiger partial charge in [0, 0.05) is 17.7 Å². The number of carbonyl (C=O) groups is 3. The van der Waals surface area contributed by atoms with Crippen molar-refractivity contribution in [3.05, 3.63) is 23.5 Å². The highest BCUT2D eigenvalue weighted by atomic mass is 16.5. The van der Waals surface area contributed by atoms with Crippen LogP contribution in [0.5, 0.6) is 0 Å². The molecule has 4 amide bonds. The van der Waals surface area contributed by atoms with Gasteiger partial charge in [-0.05, 0) is 25.8 Å². The molecule has 0 spiro atoms. The summed E-state index contributed by atoms with van der Waals surface area (Å²) in [5, 5.41) is 14.8. The first kappa shape index (κ1) is 16.8. The molecule has 1 aliphatic carbocycles. The highest BCUT2D eigenvalue weighted by Crippen LogP contribution is 2.27. The zero-order valence-corrected chi connectivity index (χ0v) is 14.4. The highest BCUT2D eigenvalue weighted by molar-refractivity contribution is 6.14. The minimum Gasteiger partial charge on any atom is -0.450 e. The van der Waals surface area contributed by atoms with E-state index in [-0.39, 0.29) is 18.1 Å². The van der Waals surface area contributed by atoms with Crippen LogP contribution in [0, 0.1) is 0 Å². The van der Waals surface area contributed by atoms with Gasteiger partial charge in [-0.15, -0.1) is 0 Å². The lowest BCUT2D eigenvalue weighted by Crippen LogP contribution is -2.22. The number of anilines is 2. The Balaban J connectivity index is 1.74. The molecule has 11 nitrogen and oxygen atoms in total. The zero-order valence-electron chi connectivity index (χ0n) is 14.4. The molecule has 1 aliphatic heterocycles. The van der Waals surface area contributed by atoms with Crippen LogP contribution in [0.4, 0.5) is 21.2 Å². The van der Waals surface area contributed by atoms with Gasteiger partial charge in [-0.2, -0.15) is 9.61 Å². The summed E-state index contributed by atoms with van der Waals surface area (Å²) < 4.78 is 6.47. The minimum absolute atomic E-state index is 0.0946. The first-order chi connectivity index (χ1) is 13.0. The molecule has 140 valence electrons. The Labute approximate surface area is 153 Å². The van der Waals surface area contributed by atoms with Crippen LogP contribution in [0.1, 0.15) is 25.3 Å². The Morgan fingerprint density at radius 3 is 2.89 bits per heavy atom. The van der Waals surface area contributed by atoms with Gasteiger partial charge < -0.3 is 15.4 Å². The molecule has 2 fully saturated rings. The maximum Gasteiger partial charge on any atom is 0.412 e. The fourth-order valence-electron chi connectivity index (χ4n) is 2.59. The molecule has 1 saturated heterocycles. The summed E-state index contributed by atoms with van der Waals surface area (Å²) in [6, 6.07) is 1.42. The van der Waals surface area contributed by atoms with Gasteiger partial charge in [-0.25, -0.2) is 14.6 Å². The van der Waals surface area contributed by atoms with E-state index in [1.54, 1.807) is 17.5 Å². The molecular weight excluding hydrogens is 354 g/mol. The van der Waals surface area contributed by atoms with E-state index in [1.807, 2.05) is 0 Å². The second kappa shape index (κ2) is 6.59. The third-order valence-corrected chi connectivity index (χ3v) is 3.95. The van der Waals surface area contributed by atoms with Crippen LogP contribution in [0.15, 0.2) is 18.0 Å². The minimum atomic E-state index is -0.617. The lowest BCUT2D eigenvalue weighted by atomic mass is 10.2. The Hall–Kier alpha value is -3.63. The predicted octanol–water partition coefficient (Wildman–Crippen LogP) is 1.05. The van der Waals surface area contributed by atoms with Crippen LogP contribution in [0.3, 0.4) is 0 Å². The first-order valence-electron chi connectivity index (χ1n) is 8.46. The number of rotatable bonds is 5. The second-order valence-corrected chi connectivity index (χ2v) is 6.09. The summed E-state index contributed by atoms with van der Waals surface area (Å²) in [4.78, 5) is 39.2. The predicted molar refractivity (Wildman–Crippen MR) is 94.9 cm³/mol. The van der Waals surface area contributed by atoms with Gasteiger partial charge in [0.05, 0.1) is 12.8 Å². The standard InChI is InChI=1S/C16H17N7O4/c1-2-27-16(26)21-11-6-12(18-9-3-4-9)23-13(20-11)8(7-17-23)5-10-14(24)22-15(25)19-10/h5-7,9,18H,2-4H2,1H3,(H,20,21,26)(H2,19,22,24,25)/b10-5-. The van der Waals surface area contributed by atoms with Gasteiger partial charge in [0.25, 0.3) is 5.91 Å². The highest BCUT2D eigenvalue weighted by Gasteiger charge is 2.25. The molecule has 3 heterocycles. The molecule has 4 rings (SSSR count). The molecule has 0 bridgehead atoms. The summed E-state index contributed by atoms with van der Waals surface area (Å²) in [7, 11) is 0.